The summed E-state index contributed by atoms with van der Waals surface area (Å²) in [6.45, 7) is 4.36. The highest BCUT2D eigenvalue weighted by molar-refractivity contribution is 5.77. The second-order valence-electron chi connectivity index (χ2n) is 6.01. The van der Waals surface area contributed by atoms with Crippen LogP contribution in [0.1, 0.15) is 45.0 Å². The molecule has 1 heterocycles. The first-order chi connectivity index (χ1) is 9.52. The second kappa shape index (κ2) is 5.91. The molecule has 0 aliphatic heterocycles. The van der Waals surface area contributed by atoms with Gasteiger partial charge < -0.3 is 10.5 Å². The molecule has 1 atom stereocenters. The van der Waals surface area contributed by atoms with Crippen LogP contribution < -0.4 is 5.73 Å². The summed E-state index contributed by atoms with van der Waals surface area (Å²) >= 11 is 0. The second-order valence-corrected chi connectivity index (χ2v) is 6.01. The van der Waals surface area contributed by atoms with Crippen LogP contribution in [0.3, 0.4) is 0 Å². The number of nitrogens with zero attached hydrogens (tertiary/aromatic N) is 3. The van der Waals surface area contributed by atoms with Crippen LogP contribution in [0, 0.1) is 11.3 Å². The molecule has 1 aliphatic rings. The summed E-state index contributed by atoms with van der Waals surface area (Å²) in [5.41, 5.74) is 5.27. The molecule has 0 amide bonds. The lowest BCUT2D eigenvalue weighted by molar-refractivity contribution is -0.153. The molecule has 1 aromatic rings. The number of esters is 1. The van der Waals surface area contributed by atoms with Gasteiger partial charge in [0.25, 0.3) is 0 Å². The maximum atomic E-state index is 12.3. The van der Waals surface area contributed by atoms with Crippen LogP contribution >= 0.6 is 0 Å². The highest BCUT2D eigenvalue weighted by Gasteiger charge is 2.44. The van der Waals surface area contributed by atoms with E-state index in [2.05, 4.69) is 10.1 Å². The molecule has 1 unspecified atom stereocenters. The Bertz CT molecular complexity index is 467. The third-order valence-electron chi connectivity index (χ3n) is 4.02. The normalized spacial score (nSPS) is 18.1. The molecule has 0 spiro atoms. The van der Waals surface area contributed by atoms with Crippen molar-refractivity contribution in [1.82, 2.24) is 14.8 Å². The van der Waals surface area contributed by atoms with Crippen molar-refractivity contribution in [2.24, 2.45) is 17.1 Å². The van der Waals surface area contributed by atoms with Gasteiger partial charge in [-0.25, -0.2) is 9.67 Å². The summed E-state index contributed by atoms with van der Waals surface area (Å²) in [5.74, 6) is 1.16. The van der Waals surface area contributed by atoms with Crippen molar-refractivity contribution >= 4 is 5.97 Å². The Balaban J connectivity index is 2.25. The van der Waals surface area contributed by atoms with Crippen LogP contribution in [-0.2, 0) is 16.0 Å². The van der Waals surface area contributed by atoms with Gasteiger partial charge in [0.2, 0.25) is 0 Å². The van der Waals surface area contributed by atoms with Crippen molar-refractivity contribution < 1.29 is 9.53 Å². The van der Waals surface area contributed by atoms with Gasteiger partial charge in [-0.15, -0.1) is 0 Å². The molecule has 0 aromatic carbocycles. The monoisotopic (exact) mass is 280 g/mol. The molecule has 112 valence electrons. The van der Waals surface area contributed by atoms with E-state index in [0.29, 0.717) is 12.3 Å². The number of ether oxygens (including phenoxy) is 1. The van der Waals surface area contributed by atoms with Crippen LogP contribution in [0.5, 0.6) is 0 Å². The largest absolute Gasteiger partial charge is 0.469 e. The minimum Gasteiger partial charge on any atom is -0.469 e. The molecule has 0 radical (unpaired) electrons. The van der Waals surface area contributed by atoms with Gasteiger partial charge in [0, 0.05) is 19.0 Å². The minimum absolute atomic E-state index is 0.210. The third kappa shape index (κ3) is 3.00. The van der Waals surface area contributed by atoms with E-state index >= 15 is 0 Å². The topological polar surface area (TPSA) is 83.0 Å². The van der Waals surface area contributed by atoms with E-state index < -0.39 is 5.41 Å². The highest BCUT2D eigenvalue weighted by atomic mass is 16.5. The minimum atomic E-state index is -0.671. The Hall–Kier alpha value is -1.43. The lowest BCUT2D eigenvalue weighted by Crippen LogP contribution is -2.42. The molecule has 20 heavy (non-hydrogen) atoms. The lowest BCUT2D eigenvalue weighted by Gasteiger charge is -2.29. The van der Waals surface area contributed by atoms with Gasteiger partial charge in [0.05, 0.1) is 12.5 Å². The molecule has 1 fully saturated rings. The van der Waals surface area contributed by atoms with E-state index in [1.807, 2.05) is 18.5 Å². The number of carbonyl (C=O) groups is 1. The predicted octanol–water partition coefficient (Wildman–Crippen LogP) is 1.32. The first-order valence-electron chi connectivity index (χ1n) is 7.19. The number of aromatic nitrogens is 3. The van der Waals surface area contributed by atoms with E-state index in [0.717, 1.165) is 12.2 Å². The molecular formula is C14H24N4O2. The van der Waals surface area contributed by atoms with Crippen molar-refractivity contribution in [2.45, 2.75) is 45.6 Å². The molecule has 0 saturated heterocycles. The molecular weight excluding hydrogens is 256 g/mol. The fraction of sp³-hybridized carbons (Fsp3) is 0.786. The van der Waals surface area contributed by atoms with Crippen LogP contribution in [0.4, 0.5) is 0 Å². The standard InChI is InChI=1S/C14H24N4O2/c1-10(2)18-12(16-9-17-18)7-14(8-15,13(19)20-3)6-11-4-5-11/h9-11H,4-8,15H2,1-3H3. The van der Waals surface area contributed by atoms with Gasteiger partial charge in [-0.05, 0) is 26.2 Å². The van der Waals surface area contributed by atoms with Crippen molar-refractivity contribution in [3.63, 3.8) is 0 Å². The maximum Gasteiger partial charge on any atom is 0.313 e. The van der Waals surface area contributed by atoms with Crippen molar-refractivity contribution in [3.8, 4) is 0 Å². The van der Waals surface area contributed by atoms with Crippen LogP contribution in [0.25, 0.3) is 0 Å². The fourth-order valence-corrected chi connectivity index (χ4v) is 2.69. The van der Waals surface area contributed by atoms with Gasteiger partial charge in [-0.3, -0.25) is 4.79 Å². The van der Waals surface area contributed by atoms with Gasteiger partial charge in [-0.1, -0.05) is 12.8 Å². The molecule has 6 nitrogen and oxygen atoms in total. The zero-order valence-electron chi connectivity index (χ0n) is 12.5. The van der Waals surface area contributed by atoms with Crippen molar-refractivity contribution in [3.05, 3.63) is 12.2 Å². The number of methoxy groups -OCH3 is 1. The number of carbonyl (C=O) groups excluding carboxylic acids is 1. The third-order valence-corrected chi connectivity index (χ3v) is 4.02. The molecule has 0 bridgehead atoms. The van der Waals surface area contributed by atoms with E-state index in [1.165, 1.54) is 26.3 Å². The first-order valence-corrected chi connectivity index (χ1v) is 7.19. The number of rotatable bonds is 7. The lowest BCUT2D eigenvalue weighted by atomic mass is 9.79. The van der Waals surface area contributed by atoms with Crippen molar-refractivity contribution in [1.29, 1.82) is 0 Å². The van der Waals surface area contributed by atoms with E-state index in [-0.39, 0.29) is 18.6 Å². The SMILES string of the molecule is COC(=O)C(CN)(Cc1ncnn1C(C)C)CC1CC1. The predicted molar refractivity (Wildman–Crippen MR) is 75.0 cm³/mol. The van der Waals surface area contributed by atoms with E-state index in [4.69, 9.17) is 10.5 Å². The van der Waals surface area contributed by atoms with Crippen LogP contribution in [0.15, 0.2) is 6.33 Å². The quantitative estimate of drug-likeness (QED) is 0.762. The summed E-state index contributed by atoms with van der Waals surface area (Å²) in [6, 6.07) is 0.210. The maximum absolute atomic E-state index is 12.3. The summed E-state index contributed by atoms with van der Waals surface area (Å²) in [5, 5.41) is 4.23. The Kier molecular flexibility index (Phi) is 4.42. The van der Waals surface area contributed by atoms with Gasteiger partial charge >= 0.3 is 5.97 Å². The number of nitrogens with two attached hydrogens (primary N) is 1. The Morgan fingerprint density at radius 2 is 2.30 bits per heavy atom. The smallest absolute Gasteiger partial charge is 0.313 e. The first kappa shape index (κ1) is 15.0. The summed E-state index contributed by atoms with van der Waals surface area (Å²) in [7, 11) is 1.42. The van der Waals surface area contributed by atoms with Crippen LogP contribution in [-0.4, -0.2) is 34.4 Å². The zero-order valence-corrected chi connectivity index (χ0v) is 12.5. The highest BCUT2D eigenvalue weighted by Crippen LogP contribution is 2.42. The summed E-state index contributed by atoms with van der Waals surface area (Å²) < 4.78 is 6.86. The van der Waals surface area contributed by atoms with Crippen LogP contribution in [0.2, 0.25) is 0 Å². The van der Waals surface area contributed by atoms with Gasteiger partial charge in [0.15, 0.2) is 0 Å². The molecule has 1 aromatic heterocycles. The molecule has 2 rings (SSSR count). The fourth-order valence-electron chi connectivity index (χ4n) is 2.69. The van der Waals surface area contributed by atoms with Crippen molar-refractivity contribution in [2.75, 3.05) is 13.7 Å². The Labute approximate surface area is 119 Å². The number of hydrogen-bond donors (Lipinski definition) is 1. The molecule has 1 aliphatic carbocycles. The molecule has 2 N–H and O–H groups in total. The summed E-state index contributed by atoms with van der Waals surface area (Å²) in [6.07, 6.45) is 5.15. The van der Waals surface area contributed by atoms with E-state index in [1.54, 1.807) is 0 Å². The molecule has 6 heteroatoms. The Morgan fingerprint density at radius 1 is 1.60 bits per heavy atom. The molecule has 1 saturated carbocycles. The Morgan fingerprint density at radius 3 is 2.80 bits per heavy atom. The van der Waals surface area contributed by atoms with Gasteiger partial charge in [0.1, 0.15) is 12.2 Å². The zero-order chi connectivity index (χ0) is 14.8. The average Bonchev–Trinajstić information content (AvgIpc) is 3.12. The number of hydrogen-bond acceptors (Lipinski definition) is 5. The van der Waals surface area contributed by atoms with E-state index in [9.17, 15) is 4.79 Å². The average molecular weight is 280 g/mol. The van der Waals surface area contributed by atoms with Gasteiger partial charge in [-0.2, -0.15) is 5.10 Å². The summed E-state index contributed by atoms with van der Waals surface area (Å²) in [4.78, 5) is 16.6.